The van der Waals surface area contributed by atoms with E-state index in [1.807, 2.05) is 0 Å². The third-order valence-electron chi connectivity index (χ3n) is 10.2. The third-order valence-corrected chi connectivity index (χ3v) is 10.2. The fourth-order valence-electron chi connectivity index (χ4n) is 8.71. The molecule has 0 spiro atoms. The molecule has 1 saturated heterocycles. The van der Waals surface area contributed by atoms with Crippen LogP contribution in [0.3, 0.4) is 0 Å². The maximum Gasteiger partial charge on any atom is 0.305 e. The Kier molecular flexibility index (Phi) is 6.39. The van der Waals surface area contributed by atoms with Crippen LogP contribution >= 0.6 is 0 Å². The highest BCUT2D eigenvalue weighted by molar-refractivity contribution is 5.83. The van der Waals surface area contributed by atoms with E-state index in [9.17, 15) is 4.79 Å². The fourth-order valence-corrected chi connectivity index (χ4v) is 8.71. The molecule has 0 aromatic heterocycles. The Balaban J connectivity index is 1.38. The Morgan fingerprint density at radius 3 is 1.39 bits per heavy atom. The summed E-state index contributed by atoms with van der Waals surface area (Å²) in [5.74, 6) is -0.147. The Labute approximate surface area is 243 Å². The van der Waals surface area contributed by atoms with Crippen molar-refractivity contribution in [3.8, 4) is 22.3 Å². The number of hydrogen-bond donors (Lipinski definition) is 0. The number of fused-ring (bicyclic) bond motifs is 6. The number of benzene rings is 4. The van der Waals surface area contributed by atoms with Crippen LogP contribution in [0.15, 0.2) is 97.1 Å². The van der Waals surface area contributed by atoms with E-state index in [0.717, 1.165) is 45.3 Å². The maximum atomic E-state index is 12.6. The van der Waals surface area contributed by atoms with Gasteiger partial charge in [-0.2, -0.15) is 0 Å². The van der Waals surface area contributed by atoms with E-state index in [1.165, 1.54) is 51.6 Å². The number of esters is 1. The first kappa shape index (κ1) is 26.2. The van der Waals surface area contributed by atoms with Crippen LogP contribution in [-0.2, 0) is 25.1 Å². The largest absolute Gasteiger partial charge is 0.469 e. The molecule has 1 heterocycles. The number of rotatable bonds is 9. The average Bonchev–Trinajstić information content (AvgIpc) is 3.43. The highest BCUT2D eigenvalue weighted by Crippen LogP contribution is 2.62. The first-order valence-electron chi connectivity index (χ1n) is 15.1. The van der Waals surface area contributed by atoms with E-state index in [4.69, 9.17) is 9.47 Å². The van der Waals surface area contributed by atoms with Gasteiger partial charge in [0.1, 0.15) is 0 Å². The highest BCUT2D eigenvalue weighted by atomic mass is 16.5. The van der Waals surface area contributed by atoms with Crippen molar-refractivity contribution in [1.82, 2.24) is 0 Å². The zero-order chi connectivity index (χ0) is 28.1. The smallest absolute Gasteiger partial charge is 0.305 e. The molecule has 2 aliphatic carbocycles. The topological polar surface area (TPSA) is 35.5 Å². The summed E-state index contributed by atoms with van der Waals surface area (Å²) >= 11 is 0. The molecule has 0 amide bonds. The van der Waals surface area contributed by atoms with Crippen molar-refractivity contribution in [3.05, 3.63) is 119 Å². The lowest BCUT2D eigenvalue weighted by Gasteiger charge is -2.52. The summed E-state index contributed by atoms with van der Waals surface area (Å²) in [6.45, 7) is 3.80. The van der Waals surface area contributed by atoms with Gasteiger partial charge in [0.25, 0.3) is 0 Å². The summed E-state index contributed by atoms with van der Waals surface area (Å²) in [4.78, 5) is 12.6. The Morgan fingerprint density at radius 1 is 0.659 bits per heavy atom. The second-order valence-corrected chi connectivity index (χ2v) is 12.5. The normalized spacial score (nSPS) is 18.0. The van der Waals surface area contributed by atoms with E-state index in [-0.39, 0.29) is 22.2 Å². The Hall–Kier alpha value is -3.69. The first-order chi connectivity index (χ1) is 20.1. The van der Waals surface area contributed by atoms with Crippen molar-refractivity contribution in [2.24, 2.45) is 5.41 Å². The summed E-state index contributed by atoms with van der Waals surface area (Å²) in [6.07, 6.45) is 5.31. The van der Waals surface area contributed by atoms with Crippen molar-refractivity contribution >= 4 is 5.97 Å². The van der Waals surface area contributed by atoms with Crippen LogP contribution in [0.1, 0.15) is 67.7 Å². The Bertz CT molecular complexity index is 1520. The van der Waals surface area contributed by atoms with Gasteiger partial charge in [-0.15, -0.1) is 0 Å². The van der Waals surface area contributed by atoms with Gasteiger partial charge in [0.15, 0.2) is 0 Å². The van der Waals surface area contributed by atoms with Gasteiger partial charge in [-0.25, -0.2) is 0 Å². The van der Waals surface area contributed by atoms with E-state index >= 15 is 0 Å². The van der Waals surface area contributed by atoms with Gasteiger partial charge in [-0.1, -0.05) is 110 Å². The van der Waals surface area contributed by atoms with Gasteiger partial charge in [0.05, 0.1) is 20.3 Å². The van der Waals surface area contributed by atoms with Crippen LogP contribution < -0.4 is 0 Å². The molecule has 7 rings (SSSR count). The van der Waals surface area contributed by atoms with E-state index in [2.05, 4.69) is 104 Å². The zero-order valence-electron chi connectivity index (χ0n) is 24.1. The van der Waals surface area contributed by atoms with Crippen LogP contribution in [-0.4, -0.2) is 26.3 Å². The Morgan fingerprint density at radius 2 is 1.05 bits per heavy atom. The summed E-state index contributed by atoms with van der Waals surface area (Å²) < 4.78 is 11.3. The molecule has 3 aliphatic rings. The van der Waals surface area contributed by atoms with Crippen molar-refractivity contribution in [3.63, 3.8) is 0 Å². The van der Waals surface area contributed by atoms with Gasteiger partial charge in [-0.05, 0) is 70.2 Å². The monoisotopic (exact) mass is 542 g/mol. The molecule has 4 aromatic rings. The lowest BCUT2D eigenvalue weighted by Crippen LogP contribution is -2.51. The number of carbonyl (C=O) groups is 1. The minimum absolute atomic E-state index is 0.0274. The van der Waals surface area contributed by atoms with Crippen LogP contribution in [0.25, 0.3) is 22.3 Å². The van der Waals surface area contributed by atoms with Crippen molar-refractivity contribution in [2.75, 3.05) is 20.3 Å². The number of hydrogen-bond acceptors (Lipinski definition) is 3. The molecule has 0 N–H and O–H groups in total. The van der Waals surface area contributed by atoms with E-state index < -0.39 is 0 Å². The van der Waals surface area contributed by atoms with Crippen LogP contribution in [0, 0.1) is 5.41 Å². The molecule has 0 atom stereocenters. The van der Waals surface area contributed by atoms with Gasteiger partial charge in [0, 0.05) is 22.7 Å². The predicted molar refractivity (Wildman–Crippen MR) is 164 cm³/mol. The van der Waals surface area contributed by atoms with Gasteiger partial charge >= 0.3 is 5.97 Å². The summed E-state index contributed by atoms with van der Waals surface area (Å²) in [5, 5.41) is 0. The van der Waals surface area contributed by atoms with Crippen molar-refractivity contribution in [1.29, 1.82) is 0 Å². The first-order valence-corrected chi connectivity index (χ1v) is 15.1. The average molecular weight is 543 g/mol. The van der Waals surface area contributed by atoms with Crippen molar-refractivity contribution in [2.45, 2.75) is 56.3 Å². The molecular weight excluding hydrogens is 504 g/mol. The van der Waals surface area contributed by atoms with Gasteiger partial charge < -0.3 is 9.47 Å². The maximum absolute atomic E-state index is 12.6. The zero-order valence-corrected chi connectivity index (χ0v) is 24.1. The number of methoxy groups -OCH3 is 1. The number of ether oxygens (including phenoxy) is 2. The third kappa shape index (κ3) is 3.93. The van der Waals surface area contributed by atoms with Crippen LogP contribution in [0.4, 0.5) is 0 Å². The van der Waals surface area contributed by atoms with Gasteiger partial charge in [0.2, 0.25) is 0 Å². The minimum Gasteiger partial charge on any atom is -0.469 e. The molecule has 1 fully saturated rings. The molecular formula is C38H38O3. The highest BCUT2D eigenvalue weighted by Gasteiger charge is 2.56. The molecule has 0 radical (unpaired) electrons. The standard InChI is InChI=1S/C38H38O3/c1-3-21-37(31-16-8-4-12-27(31)28-13-5-9-17-32(28)37)23-36(25-41-26-36)24-38(22-20-35(39)40-2)33-18-10-6-14-29(33)30-15-7-11-19-34(30)38/h4-19H,3,20-26H2,1-2H3. The lowest BCUT2D eigenvalue weighted by molar-refractivity contribution is -0.144. The lowest BCUT2D eigenvalue weighted by atomic mass is 9.57. The van der Waals surface area contributed by atoms with Gasteiger partial charge in [-0.3, -0.25) is 4.79 Å². The summed E-state index contributed by atoms with van der Waals surface area (Å²) in [7, 11) is 1.50. The minimum atomic E-state index is -0.282. The molecule has 0 bridgehead atoms. The molecule has 4 aromatic carbocycles. The molecule has 3 nitrogen and oxygen atoms in total. The fraction of sp³-hybridized carbons (Fsp3) is 0.342. The molecule has 0 unspecified atom stereocenters. The second kappa shape index (κ2) is 9.99. The quantitative estimate of drug-likeness (QED) is 0.199. The molecule has 0 saturated carbocycles. The second-order valence-electron chi connectivity index (χ2n) is 12.5. The summed E-state index contributed by atoms with van der Waals surface area (Å²) in [5.41, 5.74) is 10.6. The summed E-state index contributed by atoms with van der Waals surface area (Å²) in [6, 6.07) is 35.8. The molecule has 1 aliphatic heterocycles. The van der Waals surface area contributed by atoms with Crippen LogP contribution in [0.2, 0.25) is 0 Å². The van der Waals surface area contributed by atoms with E-state index in [0.29, 0.717) is 6.42 Å². The molecule has 208 valence electrons. The SMILES string of the molecule is CCCC1(CC2(CC3(CCC(=O)OC)c4ccccc4-c4ccccc43)COC2)c2ccccc2-c2ccccc21. The van der Waals surface area contributed by atoms with Crippen LogP contribution in [0.5, 0.6) is 0 Å². The molecule has 3 heteroatoms. The molecule has 41 heavy (non-hydrogen) atoms. The van der Waals surface area contributed by atoms with Crippen molar-refractivity contribution < 1.29 is 14.3 Å². The predicted octanol–water partition coefficient (Wildman–Crippen LogP) is 8.47. The van der Waals surface area contributed by atoms with E-state index in [1.54, 1.807) is 0 Å². The number of carbonyl (C=O) groups excluding carboxylic acids is 1.